The molecule has 1 saturated heterocycles. The van der Waals surface area contributed by atoms with Crippen molar-refractivity contribution in [1.82, 2.24) is 24.4 Å². The Hall–Kier alpha value is -3.91. The fraction of sp³-hybridized carbons (Fsp3) is 0.240. The van der Waals surface area contributed by atoms with Gasteiger partial charge in [-0.05, 0) is 42.7 Å². The molecule has 33 heavy (non-hydrogen) atoms. The smallest absolute Gasteiger partial charge is 0.223 e. The summed E-state index contributed by atoms with van der Waals surface area (Å²) in [6.45, 7) is 3.12. The van der Waals surface area contributed by atoms with Crippen LogP contribution >= 0.6 is 0 Å². The molecule has 4 N–H and O–H groups in total. The second-order valence-corrected chi connectivity index (χ2v) is 8.32. The van der Waals surface area contributed by atoms with Crippen LogP contribution in [0.5, 0.6) is 0 Å². The summed E-state index contributed by atoms with van der Waals surface area (Å²) in [5.74, 6) is 1.67. The molecule has 0 saturated carbocycles. The van der Waals surface area contributed by atoms with Crippen LogP contribution in [0.4, 0.5) is 23.3 Å². The minimum Gasteiger partial charge on any atom is -0.368 e. The Bertz CT molecular complexity index is 1150. The molecule has 0 bridgehead atoms. The molecular formula is C25H28N8. The predicted molar refractivity (Wildman–Crippen MR) is 132 cm³/mol. The number of imidazole rings is 1. The molecule has 1 fully saturated rings. The van der Waals surface area contributed by atoms with Crippen molar-refractivity contribution in [2.24, 2.45) is 0 Å². The first kappa shape index (κ1) is 21.0. The zero-order valence-corrected chi connectivity index (χ0v) is 18.4. The SMILES string of the molecule is Nc1nc(Nc2ccc(-n3ccnc3)cc2)cc(NC2CCN(Cc3ccccc3)CC2)n1. The molecule has 0 radical (unpaired) electrons. The number of piperidine rings is 1. The average Bonchev–Trinajstić information content (AvgIpc) is 3.36. The van der Waals surface area contributed by atoms with Gasteiger partial charge in [-0.2, -0.15) is 9.97 Å². The van der Waals surface area contributed by atoms with Crippen molar-refractivity contribution in [2.45, 2.75) is 25.4 Å². The van der Waals surface area contributed by atoms with E-state index in [1.165, 1.54) is 5.56 Å². The van der Waals surface area contributed by atoms with E-state index in [-0.39, 0.29) is 5.95 Å². The van der Waals surface area contributed by atoms with E-state index in [9.17, 15) is 0 Å². The van der Waals surface area contributed by atoms with Gasteiger partial charge < -0.3 is 20.9 Å². The molecule has 2 aromatic heterocycles. The maximum atomic E-state index is 5.99. The van der Waals surface area contributed by atoms with Gasteiger partial charge in [0, 0.05) is 55.5 Å². The molecule has 8 nitrogen and oxygen atoms in total. The third-order valence-electron chi connectivity index (χ3n) is 5.87. The van der Waals surface area contributed by atoms with Crippen LogP contribution in [0.3, 0.4) is 0 Å². The normalized spacial score (nSPS) is 14.8. The highest BCUT2D eigenvalue weighted by Crippen LogP contribution is 2.22. The first-order valence-electron chi connectivity index (χ1n) is 11.2. The highest BCUT2D eigenvalue weighted by molar-refractivity contribution is 5.62. The number of benzene rings is 2. The van der Waals surface area contributed by atoms with E-state index in [1.54, 1.807) is 12.5 Å². The summed E-state index contributed by atoms with van der Waals surface area (Å²) in [5.41, 5.74) is 9.33. The van der Waals surface area contributed by atoms with Gasteiger partial charge >= 0.3 is 0 Å². The molecular weight excluding hydrogens is 412 g/mol. The predicted octanol–water partition coefficient (Wildman–Crippen LogP) is 4.06. The third-order valence-corrected chi connectivity index (χ3v) is 5.87. The van der Waals surface area contributed by atoms with Crippen molar-refractivity contribution >= 4 is 23.3 Å². The number of hydrogen-bond acceptors (Lipinski definition) is 7. The van der Waals surface area contributed by atoms with Crippen LogP contribution in [0.1, 0.15) is 18.4 Å². The molecule has 0 atom stereocenters. The number of hydrogen-bond donors (Lipinski definition) is 3. The highest BCUT2D eigenvalue weighted by Gasteiger charge is 2.20. The second kappa shape index (κ2) is 9.70. The number of aromatic nitrogens is 4. The van der Waals surface area contributed by atoms with Gasteiger partial charge in [-0.1, -0.05) is 30.3 Å². The van der Waals surface area contributed by atoms with E-state index in [2.05, 4.69) is 60.8 Å². The van der Waals surface area contributed by atoms with Crippen LogP contribution in [0, 0.1) is 0 Å². The van der Waals surface area contributed by atoms with E-state index >= 15 is 0 Å². The van der Waals surface area contributed by atoms with Gasteiger partial charge in [0.1, 0.15) is 11.6 Å². The van der Waals surface area contributed by atoms with Crippen molar-refractivity contribution in [2.75, 3.05) is 29.5 Å². The Morgan fingerprint density at radius 2 is 1.70 bits per heavy atom. The summed E-state index contributed by atoms with van der Waals surface area (Å²) in [5, 5.41) is 6.88. The lowest BCUT2D eigenvalue weighted by Crippen LogP contribution is -2.38. The van der Waals surface area contributed by atoms with E-state index < -0.39 is 0 Å². The summed E-state index contributed by atoms with van der Waals surface area (Å²) in [6, 6.07) is 21.0. The van der Waals surface area contributed by atoms with Crippen LogP contribution < -0.4 is 16.4 Å². The first-order chi connectivity index (χ1) is 16.2. The number of anilines is 4. The Morgan fingerprint density at radius 3 is 2.42 bits per heavy atom. The Morgan fingerprint density at radius 1 is 0.939 bits per heavy atom. The highest BCUT2D eigenvalue weighted by atomic mass is 15.2. The maximum absolute atomic E-state index is 5.99. The number of nitrogens with two attached hydrogens (primary N) is 1. The number of rotatable bonds is 7. The standard InChI is InChI=1S/C25H28N8/c26-25-30-23(28-20-6-8-22(9-7-20)33-15-12-27-18-33)16-24(31-25)29-21-10-13-32(14-11-21)17-19-4-2-1-3-5-19/h1-9,12,15-16,18,21H,10-11,13-14,17H2,(H4,26,28,29,30,31). The van der Waals surface area contributed by atoms with E-state index in [0.29, 0.717) is 11.9 Å². The average molecular weight is 441 g/mol. The second-order valence-electron chi connectivity index (χ2n) is 8.32. The minimum atomic E-state index is 0.249. The Labute approximate surface area is 193 Å². The fourth-order valence-electron chi connectivity index (χ4n) is 4.17. The molecule has 1 aliphatic heterocycles. The van der Waals surface area contributed by atoms with Crippen LogP contribution in [0.2, 0.25) is 0 Å². The number of nitrogens with zero attached hydrogens (tertiary/aromatic N) is 5. The van der Waals surface area contributed by atoms with Gasteiger partial charge in [0.2, 0.25) is 5.95 Å². The van der Waals surface area contributed by atoms with Gasteiger partial charge in [-0.25, -0.2) is 4.98 Å². The van der Waals surface area contributed by atoms with Crippen LogP contribution in [0.15, 0.2) is 79.4 Å². The summed E-state index contributed by atoms with van der Waals surface area (Å²) < 4.78 is 1.96. The summed E-state index contributed by atoms with van der Waals surface area (Å²) in [6.07, 6.45) is 7.58. The fourth-order valence-corrected chi connectivity index (χ4v) is 4.17. The Kier molecular flexibility index (Phi) is 6.16. The van der Waals surface area contributed by atoms with Crippen LogP contribution in [-0.2, 0) is 6.54 Å². The third kappa shape index (κ3) is 5.48. The van der Waals surface area contributed by atoms with E-state index in [4.69, 9.17) is 5.73 Å². The molecule has 0 unspecified atom stereocenters. The molecule has 4 aromatic rings. The van der Waals surface area contributed by atoms with Crippen LogP contribution in [-0.4, -0.2) is 43.6 Å². The van der Waals surface area contributed by atoms with E-state index in [0.717, 1.165) is 49.7 Å². The summed E-state index contributed by atoms with van der Waals surface area (Å²) in [4.78, 5) is 15.3. The molecule has 5 rings (SSSR count). The summed E-state index contributed by atoms with van der Waals surface area (Å²) in [7, 11) is 0. The Balaban J connectivity index is 1.18. The van der Waals surface area contributed by atoms with E-state index in [1.807, 2.05) is 41.1 Å². The molecule has 168 valence electrons. The van der Waals surface area contributed by atoms with Crippen molar-refractivity contribution in [3.8, 4) is 5.69 Å². The molecule has 0 amide bonds. The molecule has 0 aliphatic carbocycles. The van der Waals surface area contributed by atoms with Gasteiger partial charge in [0.15, 0.2) is 0 Å². The van der Waals surface area contributed by atoms with Crippen molar-refractivity contribution < 1.29 is 0 Å². The lowest BCUT2D eigenvalue weighted by molar-refractivity contribution is 0.211. The topological polar surface area (TPSA) is 96.9 Å². The molecule has 2 aromatic carbocycles. The zero-order chi connectivity index (χ0) is 22.5. The lowest BCUT2D eigenvalue weighted by atomic mass is 10.0. The van der Waals surface area contributed by atoms with Gasteiger partial charge in [0.05, 0.1) is 6.33 Å². The van der Waals surface area contributed by atoms with Crippen LogP contribution in [0.25, 0.3) is 5.69 Å². The monoisotopic (exact) mass is 440 g/mol. The quantitative estimate of drug-likeness (QED) is 0.399. The number of likely N-dealkylation sites (tertiary alicyclic amines) is 1. The largest absolute Gasteiger partial charge is 0.368 e. The minimum absolute atomic E-state index is 0.249. The van der Waals surface area contributed by atoms with Crippen molar-refractivity contribution in [1.29, 1.82) is 0 Å². The van der Waals surface area contributed by atoms with Gasteiger partial charge in [-0.3, -0.25) is 4.90 Å². The van der Waals surface area contributed by atoms with Crippen molar-refractivity contribution in [3.63, 3.8) is 0 Å². The first-order valence-corrected chi connectivity index (χ1v) is 11.2. The molecule has 8 heteroatoms. The zero-order valence-electron chi connectivity index (χ0n) is 18.4. The molecule has 1 aliphatic rings. The lowest BCUT2D eigenvalue weighted by Gasteiger charge is -2.32. The summed E-state index contributed by atoms with van der Waals surface area (Å²) >= 11 is 0. The van der Waals surface area contributed by atoms with Crippen molar-refractivity contribution in [3.05, 3.63) is 84.9 Å². The maximum Gasteiger partial charge on any atom is 0.223 e. The molecule has 3 heterocycles. The number of nitrogen functional groups attached to an aromatic ring is 1. The van der Waals surface area contributed by atoms with Gasteiger partial charge in [-0.15, -0.1) is 0 Å². The van der Waals surface area contributed by atoms with Gasteiger partial charge in [0.25, 0.3) is 0 Å². The molecule has 0 spiro atoms. The number of nitrogens with one attached hydrogen (secondary N) is 2.